The zero-order valence-electron chi connectivity index (χ0n) is 13.0. The first-order valence-electron chi connectivity index (χ1n) is 7.51. The Balaban J connectivity index is 1.73. The molecular weight excluding hydrogens is 304 g/mol. The third-order valence-electron chi connectivity index (χ3n) is 4.44. The highest BCUT2D eigenvalue weighted by Crippen LogP contribution is 2.22. The van der Waals surface area contributed by atoms with Gasteiger partial charge in [-0.2, -0.15) is 10.1 Å². The molecule has 0 saturated carbocycles. The summed E-state index contributed by atoms with van der Waals surface area (Å²) in [5.74, 6) is 1.76. The molecule has 0 aliphatic carbocycles. The van der Waals surface area contributed by atoms with Crippen LogP contribution in [-0.4, -0.2) is 86.3 Å². The van der Waals surface area contributed by atoms with Gasteiger partial charge in [0.1, 0.15) is 0 Å². The molecule has 1 aromatic heterocycles. The van der Waals surface area contributed by atoms with Crippen LogP contribution in [0.15, 0.2) is 6.20 Å². The lowest BCUT2D eigenvalue weighted by Gasteiger charge is -2.32. The molecule has 0 amide bonds. The number of anilines is 2. The first-order chi connectivity index (χ1) is 10.4. The van der Waals surface area contributed by atoms with Gasteiger partial charge in [0.25, 0.3) is 0 Å². The van der Waals surface area contributed by atoms with E-state index in [-0.39, 0.29) is 17.5 Å². The molecule has 2 fully saturated rings. The minimum Gasteiger partial charge on any atom is -0.354 e. The number of nitrogens with zero attached hydrogens (tertiary/aromatic N) is 6. The molecule has 22 heavy (non-hydrogen) atoms. The molecule has 2 aliphatic rings. The highest BCUT2D eigenvalue weighted by Gasteiger charge is 2.31. The average molecular weight is 326 g/mol. The second-order valence-electron chi connectivity index (χ2n) is 6.07. The van der Waals surface area contributed by atoms with Gasteiger partial charge in [0.05, 0.1) is 17.7 Å². The van der Waals surface area contributed by atoms with E-state index >= 15 is 0 Å². The first kappa shape index (κ1) is 15.4. The number of sulfone groups is 1. The van der Waals surface area contributed by atoms with Gasteiger partial charge in [-0.1, -0.05) is 0 Å². The predicted molar refractivity (Wildman–Crippen MR) is 85.0 cm³/mol. The minimum absolute atomic E-state index is 0.0259. The van der Waals surface area contributed by atoms with Crippen molar-refractivity contribution in [3.8, 4) is 0 Å². The Morgan fingerprint density at radius 2 is 2.00 bits per heavy atom. The molecule has 0 aromatic carbocycles. The van der Waals surface area contributed by atoms with E-state index in [1.54, 1.807) is 6.20 Å². The second-order valence-corrected chi connectivity index (χ2v) is 8.30. The third-order valence-corrected chi connectivity index (χ3v) is 6.19. The van der Waals surface area contributed by atoms with Crippen LogP contribution in [0.2, 0.25) is 0 Å². The van der Waals surface area contributed by atoms with E-state index in [0.29, 0.717) is 18.2 Å². The molecule has 3 heterocycles. The molecule has 1 unspecified atom stereocenters. The van der Waals surface area contributed by atoms with Crippen molar-refractivity contribution in [2.75, 3.05) is 61.6 Å². The van der Waals surface area contributed by atoms with Gasteiger partial charge < -0.3 is 14.7 Å². The van der Waals surface area contributed by atoms with E-state index in [1.165, 1.54) is 0 Å². The van der Waals surface area contributed by atoms with E-state index in [9.17, 15) is 8.42 Å². The van der Waals surface area contributed by atoms with E-state index in [2.05, 4.69) is 32.0 Å². The van der Waals surface area contributed by atoms with Crippen LogP contribution in [0.4, 0.5) is 11.8 Å². The van der Waals surface area contributed by atoms with Gasteiger partial charge in [0, 0.05) is 39.3 Å². The quantitative estimate of drug-likeness (QED) is 0.717. The number of likely N-dealkylation sites (N-methyl/N-ethyl adjacent to an activating group) is 1. The summed E-state index contributed by atoms with van der Waals surface area (Å²) in [6, 6.07) is -0.0259. The van der Waals surface area contributed by atoms with Crippen molar-refractivity contribution in [3.05, 3.63) is 6.20 Å². The van der Waals surface area contributed by atoms with Gasteiger partial charge in [0.2, 0.25) is 5.95 Å². The molecule has 9 heteroatoms. The van der Waals surface area contributed by atoms with Crippen molar-refractivity contribution in [3.63, 3.8) is 0 Å². The Hall–Kier alpha value is -1.48. The van der Waals surface area contributed by atoms with Gasteiger partial charge >= 0.3 is 0 Å². The van der Waals surface area contributed by atoms with Crippen LogP contribution in [0, 0.1) is 0 Å². The normalized spacial score (nSPS) is 25.4. The molecule has 3 rings (SSSR count). The molecule has 0 spiro atoms. The maximum absolute atomic E-state index is 11.6. The molecule has 8 nitrogen and oxygen atoms in total. The molecular formula is C13H22N6O2S. The van der Waals surface area contributed by atoms with Crippen molar-refractivity contribution >= 4 is 21.6 Å². The first-order valence-corrected chi connectivity index (χ1v) is 9.33. The summed E-state index contributed by atoms with van der Waals surface area (Å²) in [6.45, 7) is 3.71. The molecule has 2 aliphatic heterocycles. The van der Waals surface area contributed by atoms with Crippen molar-refractivity contribution < 1.29 is 8.42 Å². The zero-order valence-corrected chi connectivity index (χ0v) is 13.8. The summed E-state index contributed by atoms with van der Waals surface area (Å²) in [7, 11) is 1.07. The van der Waals surface area contributed by atoms with Crippen molar-refractivity contribution in [1.29, 1.82) is 0 Å². The zero-order chi connectivity index (χ0) is 15.7. The van der Waals surface area contributed by atoms with Gasteiger partial charge in [-0.3, -0.25) is 0 Å². The van der Waals surface area contributed by atoms with Crippen LogP contribution in [0.5, 0.6) is 0 Å². The average Bonchev–Trinajstić information content (AvgIpc) is 2.87. The van der Waals surface area contributed by atoms with Gasteiger partial charge in [-0.15, -0.1) is 5.10 Å². The van der Waals surface area contributed by atoms with Crippen LogP contribution in [-0.2, 0) is 9.84 Å². The van der Waals surface area contributed by atoms with E-state index in [0.717, 1.165) is 26.2 Å². The number of aromatic nitrogens is 3. The Kier molecular flexibility index (Phi) is 4.18. The van der Waals surface area contributed by atoms with Gasteiger partial charge in [-0.05, 0) is 13.5 Å². The van der Waals surface area contributed by atoms with Crippen LogP contribution in [0.25, 0.3) is 0 Å². The van der Waals surface area contributed by atoms with Crippen molar-refractivity contribution in [2.24, 2.45) is 0 Å². The fraction of sp³-hybridized carbons (Fsp3) is 0.769. The summed E-state index contributed by atoms with van der Waals surface area (Å²) in [6.07, 6.45) is 2.25. The highest BCUT2D eigenvalue weighted by molar-refractivity contribution is 7.91. The minimum atomic E-state index is -2.91. The Morgan fingerprint density at radius 3 is 2.64 bits per heavy atom. The summed E-state index contributed by atoms with van der Waals surface area (Å²) < 4.78 is 23.3. The number of hydrogen-bond donors (Lipinski definition) is 0. The molecule has 0 radical (unpaired) electrons. The predicted octanol–water partition coefficient (Wildman–Crippen LogP) is -0.753. The van der Waals surface area contributed by atoms with Gasteiger partial charge in [-0.25, -0.2) is 8.42 Å². The van der Waals surface area contributed by atoms with Gasteiger partial charge in [0.15, 0.2) is 15.7 Å². The molecule has 1 atom stereocenters. The lowest BCUT2D eigenvalue weighted by Crippen LogP contribution is -2.45. The maximum Gasteiger partial charge on any atom is 0.247 e. The van der Waals surface area contributed by atoms with Crippen LogP contribution in [0.3, 0.4) is 0 Å². The fourth-order valence-corrected chi connectivity index (χ4v) is 4.64. The van der Waals surface area contributed by atoms with Crippen LogP contribution < -0.4 is 9.80 Å². The van der Waals surface area contributed by atoms with Crippen LogP contribution in [0.1, 0.15) is 6.42 Å². The Bertz CT molecular complexity index is 629. The number of rotatable bonds is 3. The molecule has 0 N–H and O–H groups in total. The third kappa shape index (κ3) is 3.30. The Morgan fingerprint density at radius 1 is 1.27 bits per heavy atom. The smallest absolute Gasteiger partial charge is 0.247 e. The summed E-state index contributed by atoms with van der Waals surface area (Å²) in [5, 5.41) is 8.18. The SMILES string of the molecule is CN1CCN(c2nncc(N(C)C3CCS(=O)(=O)C3)n2)CC1. The second kappa shape index (κ2) is 5.96. The standard InChI is InChI=1S/C13H22N6O2S/c1-17-4-6-19(7-5-17)13-15-12(9-14-16-13)18(2)11-3-8-22(20,21)10-11/h9,11H,3-8,10H2,1-2H3. The highest BCUT2D eigenvalue weighted by atomic mass is 32.2. The van der Waals surface area contributed by atoms with E-state index < -0.39 is 9.84 Å². The lowest BCUT2D eigenvalue weighted by molar-refractivity contribution is 0.311. The lowest BCUT2D eigenvalue weighted by atomic mass is 10.2. The van der Waals surface area contributed by atoms with E-state index in [1.807, 2.05) is 11.9 Å². The van der Waals surface area contributed by atoms with Crippen molar-refractivity contribution in [2.45, 2.75) is 12.5 Å². The monoisotopic (exact) mass is 326 g/mol. The van der Waals surface area contributed by atoms with E-state index in [4.69, 9.17) is 0 Å². The van der Waals surface area contributed by atoms with Crippen molar-refractivity contribution in [1.82, 2.24) is 20.1 Å². The summed E-state index contributed by atoms with van der Waals surface area (Å²) in [4.78, 5) is 10.9. The number of hydrogen-bond acceptors (Lipinski definition) is 8. The molecule has 2 saturated heterocycles. The van der Waals surface area contributed by atoms with Crippen LogP contribution >= 0.6 is 0 Å². The topological polar surface area (TPSA) is 82.5 Å². The fourth-order valence-electron chi connectivity index (χ4n) is 2.86. The maximum atomic E-state index is 11.6. The summed E-state index contributed by atoms with van der Waals surface area (Å²) in [5.41, 5.74) is 0. The molecule has 122 valence electrons. The largest absolute Gasteiger partial charge is 0.354 e. The Labute approximate surface area is 131 Å². The molecule has 0 bridgehead atoms. The molecule has 1 aromatic rings. The summed E-state index contributed by atoms with van der Waals surface area (Å²) >= 11 is 0. The number of piperazine rings is 1.